The number of rotatable bonds is 4. The van der Waals surface area contributed by atoms with E-state index in [1.54, 1.807) is 22.6 Å². The van der Waals surface area contributed by atoms with Crippen LogP contribution in [0.3, 0.4) is 0 Å². The van der Waals surface area contributed by atoms with Gasteiger partial charge in [0.05, 0.1) is 13.0 Å². The zero-order valence-corrected chi connectivity index (χ0v) is 14.8. The van der Waals surface area contributed by atoms with Crippen LogP contribution in [0.25, 0.3) is 4.96 Å². The third kappa shape index (κ3) is 2.82. The average molecular weight is 371 g/mol. The maximum atomic E-state index is 12.8. The van der Waals surface area contributed by atoms with Gasteiger partial charge in [-0.15, -0.1) is 11.3 Å². The predicted octanol–water partition coefficient (Wildman–Crippen LogP) is 2.34. The van der Waals surface area contributed by atoms with Crippen LogP contribution in [0, 0.1) is 5.92 Å². The summed E-state index contributed by atoms with van der Waals surface area (Å²) in [5, 5.41) is 11.5. The molecule has 134 valence electrons. The zero-order chi connectivity index (χ0) is 18.3. The molecule has 0 radical (unpaired) electrons. The van der Waals surface area contributed by atoms with Gasteiger partial charge in [0.2, 0.25) is 0 Å². The quantitative estimate of drug-likeness (QED) is 0.761. The van der Waals surface area contributed by atoms with Crippen LogP contribution in [0.1, 0.15) is 22.0 Å². The number of hydrogen-bond acceptors (Lipinski definition) is 5. The first-order valence-corrected chi connectivity index (χ1v) is 9.03. The van der Waals surface area contributed by atoms with Crippen LogP contribution in [-0.2, 0) is 4.79 Å². The number of carbonyl (C=O) groups excluding carboxylic acids is 1. The predicted molar refractivity (Wildman–Crippen MR) is 95.8 cm³/mol. The SMILES string of the molecule is COc1cccc([C@@H]2CN(C(=O)c3cn4ccsc4n3)C[C@H]2C(=O)O)c1. The van der Waals surface area contributed by atoms with Crippen molar-refractivity contribution in [3.05, 3.63) is 53.3 Å². The number of aromatic nitrogens is 2. The fraction of sp³-hybridized carbons (Fsp3) is 0.278. The van der Waals surface area contributed by atoms with Gasteiger partial charge in [-0.1, -0.05) is 12.1 Å². The van der Waals surface area contributed by atoms with Gasteiger partial charge in [0.1, 0.15) is 11.4 Å². The van der Waals surface area contributed by atoms with E-state index in [1.165, 1.54) is 11.3 Å². The number of imidazole rings is 1. The minimum absolute atomic E-state index is 0.168. The molecule has 1 saturated heterocycles. The summed E-state index contributed by atoms with van der Waals surface area (Å²) in [6.45, 7) is 0.509. The monoisotopic (exact) mass is 371 g/mol. The van der Waals surface area contributed by atoms with Crippen molar-refractivity contribution in [3.8, 4) is 5.75 Å². The first kappa shape index (κ1) is 16.6. The van der Waals surface area contributed by atoms with E-state index >= 15 is 0 Å². The van der Waals surface area contributed by atoms with E-state index < -0.39 is 11.9 Å². The van der Waals surface area contributed by atoms with Crippen molar-refractivity contribution in [1.82, 2.24) is 14.3 Å². The minimum atomic E-state index is -0.904. The molecule has 3 aromatic rings. The van der Waals surface area contributed by atoms with Gasteiger partial charge in [-0.05, 0) is 17.7 Å². The summed E-state index contributed by atoms with van der Waals surface area (Å²) in [6.07, 6.45) is 3.52. The molecular formula is C18H17N3O4S. The number of thiazole rings is 1. The molecule has 3 heterocycles. The standard InChI is InChI=1S/C18H17N3O4S/c1-25-12-4-2-3-11(7-12)13-8-21(9-14(13)17(23)24)16(22)15-10-20-5-6-26-18(20)19-15/h2-7,10,13-14H,8-9H2,1H3,(H,23,24)/t13-,14+/m0/s1. The molecule has 26 heavy (non-hydrogen) atoms. The topological polar surface area (TPSA) is 84.1 Å². The van der Waals surface area contributed by atoms with E-state index in [0.29, 0.717) is 18.0 Å². The molecule has 4 rings (SSSR count). The van der Waals surface area contributed by atoms with Gasteiger partial charge in [0.15, 0.2) is 4.96 Å². The first-order valence-electron chi connectivity index (χ1n) is 8.15. The summed E-state index contributed by atoms with van der Waals surface area (Å²) >= 11 is 1.45. The average Bonchev–Trinajstić information content (AvgIpc) is 3.35. The third-order valence-corrected chi connectivity index (χ3v) is 5.53. The van der Waals surface area contributed by atoms with E-state index in [1.807, 2.05) is 35.8 Å². The maximum absolute atomic E-state index is 12.8. The van der Waals surface area contributed by atoms with Gasteiger partial charge in [0.25, 0.3) is 5.91 Å². The molecule has 1 aliphatic heterocycles. The molecule has 2 atom stereocenters. The van der Waals surface area contributed by atoms with Crippen molar-refractivity contribution < 1.29 is 19.4 Å². The zero-order valence-electron chi connectivity index (χ0n) is 14.0. The van der Waals surface area contributed by atoms with Crippen LogP contribution in [0.15, 0.2) is 42.0 Å². The Morgan fingerprint density at radius 1 is 1.35 bits per heavy atom. The molecule has 0 spiro atoms. The number of carboxylic acid groups (broad SMARTS) is 1. The van der Waals surface area contributed by atoms with Crippen LogP contribution in [0.5, 0.6) is 5.75 Å². The first-order chi connectivity index (χ1) is 12.6. The molecule has 0 unspecified atom stereocenters. The van der Waals surface area contributed by atoms with Crippen molar-refractivity contribution in [2.24, 2.45) is 5.92 Å². The number of ether oxygens (including phenoxy) is 1. The molecule has 1 amide bonds. The van der Waals surface area contributed by atoms with Crippen LogP contribution < -0.4 is 4.74 Å². The van der Waals surface area contributed by atoms with E-state index in [2.05, 4.69) is 4.98 Å². The number of amides is 1. The summed E-state index contributed by atoms with van der Waals surface area (Å²) < 4.78 is 7.03. The maximum Gasteiger partial charge on any atom is 0.308 e. The van der Waals surface area contributed by atoms with Crippen molar-refractivity contribution >= 4 is 28.2 Å². The van der Waals surface area contributed by atoms with Crippen LogP contribution in [0.4, 0.5) is 0 Å². The van der Waals surface area contributed by atoms with Crippen molar-refractivity contribution in [3.63, 3.8) is 0 Å². The minimum Gasteiger partial charge on any atom is -0.497 e. The highest BCUT2D eigenvalue weighted by Gasteiger charge is 2.41. The molecular weight excluding hydrogens is 354 g/mol. The van der Waals surface area contributed by atoms with Crippen molar-refractivity contribution in [2.75, 3.05) is 20.2 Å². The summed E-state index contributed by atoms with van der Waals surface area (Å²) in [7, 11) is 1.57. The number of methoxy groups -OCH3 is 1. The molecule has 0 saturated carbocycles. The number of hydrogen-bond donors (Lipinski definition) is 1. The largest absolute Gasteiger partial charge is 0.497 e. The molecule has 0 aliphatic carbocycles. The molecule has 0 bridgehead atoms. The number of benzene rings is 1. The molecule has 8 heteroatoms. The normalized spacial score (nSPS) is 19.8. The summed E-state index contributed by atoms with van der Waals surface area (Å²) in [6, 6.07) is 7.36. The van der Waals surface area contributed by atoms with E-state index in [0.717, 1.165) is 10.5 Å². The second-order valence-corrected chi connectivity index (χ2v) is 7.13. The molecule has 7 nitrogen and oxygen atoms in total. The molecule has 1 aliphatic rings. The number of fused-ring (bicyclic) bond motifs is 1. The Morgan fingerprint density at radius 2 is 2.19 bits per heavy atom. The van der Waals surface area contributed by atoms with E-state index in [4.69, 9.17) is 4.74 Å². The molecule has 2 aromatic heterocycles. The Morgan fingerprint density at radius 3 is 2.92 bits per heavy atom. The summed E-state index contributed by atoms with van der Waals surface area (Å²) in [5.41, 5.74) is 1.20. The van der Waals surface area contributed by atoms with Crippen LogP contribution in [-0.4, -0.2) is 51.5 Å². The van der Waals surface area contributed by atoms with E-state index in [9.17, 15) is 14.7 Å². The van der Waals surface area contributed by atoms with Gasteiger partial charge in [0, 0.05) is 36.8 Å². The van der Waals surface area contributed by atoms with Gasteiger partial charge < -0.3 is 14.7 Å². The van der Waals surface area contributed by atoms with Gasteiger partial charge in [-0.2, -0.15) is 0 Å². The van der Waals surface area contributed by atoms with Gasteiger partial charge in [-0.3, -0.25) is 14.0 Å². The van der Waals surface area contributed by atoms with Gasteiger partial charge >= 0.3 is 5.97 Å². The Labute approximate surface area is 153 Å². The lowest BCUT2D eigenvalue weighted by atomic mass is 9.89. The number of carboxylic acids is 1. The smallest absolute Gasteiger partial charge is 0.308 e. The van der Waals surface area contributed by atoms with Crippen LogP contribution in [0.2, 0.25) is 0 Å². The number of aliphatic carboxylic acids is 1. The molecule has 1 aromatic carbocycles. The molecule has 1 fully saturated rings. The highest BCUT2D eigenvalue weighted by Crippen LogP contribution is 2.35. The fourth-order valence-electron chi connectivity index (χ4n) is 3.42. The van der Waals surface area contributed by atoms with Crippen LogP contribution >= 0.6 is 11.3 Å². The second kappa shape index (κ2) is 6.45. The lowest BCUT2D eigenvalue weighted by molar-refractivity contribution is -0.141. The highest BCUT2D eigenvalue weighted by atomic mass is 32.1. The highest BCUT2D eigenvalue weighted by molar-refractivity contribution is 7.15. The number of likely N-dealkylation sites (tertiary alicyclic amines) is 1. The second-order valence-electron chi connectivity index (χ2n) is 6.26. The molecule has 1 N–H and O–H groups in total. The number of nitrogens with zero attached hydrogens (tertiary/aromatic N) is 3. The van der Waals surface area contributed by atoms with E-state index in [-0.39, 0.29) is 18.4 Å². The lowest BCUT2D eigenvalue weighted by Crippen LogP contribution is -2.30. The lowest BCUT2D eigenvalue weighted by Gasteiger charge is -2.16. The Balaban J connectivity index is 1.61. The Bertz CT molecular complexity index is 951. The third-order valence-electron chi connectivity index (χ3n) is 4.76. The Hall–Kier alpha value is -2.87. The fourth-order valence-corrected chi connectivity index (χ4v) is 4.12. The Kier molecular flexibility index (Phi) is 4.12. The van der Waals surface area contributed by atoms with Crippen molar-refractivity contribution in [1.29, 1.82) is 0 Å². The number of carbonyl (C=O) groups is 2. The summed E-state index contributed by atoms with van der Waals surface area (Å²) in [4.78, 5) is 31.2. The van der Waals surface area contributed by atoms with Crippen molar-refractivity contribution in [2.45, 2.75) is 5.92 Å². The van der Waals surface area contributed by atoms with Gasteiger partial charge in [-0.25, -0.2) is 4.98 Å². The summed E-state index contributed by atoms with van der Waals surface area (Å²) in [5.74, 6) is -1.41.